The van der Waals surface area contributed by atoms with Gasteiger partial charge in [-0.25, -0.2) is 4.79 Å². The van der Waals surface area contributed by atoms with E-state index in [2.05, 4.69) is 20.7 Å². The molecule has 0 bridgehead atoms. The number of allylic oxidation sites excluding steroid dienone is 1. The molecule has 0 spiro atoms. The van der Waals surface area contributed by atoms with E-state index < -0.39 is 12.1 Å². The van der Waals surface area contributed by atoms with Gasteiger partial charge in [0.05, 0.1) is 19.3 Å². The third-order valence-corrected chi connectivity index (χ3v) is 4.94. The van der Waals surface area contributed by atoms with Crippen LogP contribution in [0.25, 0.3) is 6.08 Å². The molecule has 0 fully saturated rings. The van der Waals surface area contributed by atoms with Crippen molar-refractivity contribution >= 4 is 33.8 Å². The Hall–Kier alpha value is -2.84. The molecule has 8 heteroatoms. The Bertz CT molecular complexity index is 1030. The van der Waals surface area contributed by atoms with E-state index in [4.69, 9.17) is 18.9 Å². The molecule has 2 aliphatic rings. The van der Waals surface area contributed by atoms with Crippen molar-refractivity contribution in [2.24, 2.45) is 0 Å². The van der Waals surface area contributed by atoms with Crippen LogP contribution in [0.5, 0.6) is 17.2 Å². The largest absolute Gasteiger partial charge is 0.479 e. The lowest BCUT2D eigenvalue weighted by Gasteiger charge is -2.20. The normalized spacial score (nSPS) is 17.1. The Balaban J connectivity index is 1.62. The minimum atomic E-state index is -0.780. The van der Waals surface area contributed by atoms with Crippen LogP contribution in [0.2, 0.25) is 0 Å². The van der Waals surface area contributed by atoms with Crippen LogP contribution >= 0.6 is 15.9 Å². The summed E-state index contributed by atoms with van der Waals surface area (Å²) in [6.07, 6.45) is 0.868. The first-order valence-electron chi connectivity index (χ1n) is 8.82. The number of esters is 1. The molecule has 0 saturated carbocycles. The number of ether oxygens (including phenoxy) is 5. The molecule has 150 valence electrons. The van der Waals surface area contributed by atoms with Crippen LogP contribution in [0.3, 0.4) is 0 Å². The second-order valence-corrected chi connectivity index (χ2v) is 7.39. The van der Waals surface area contributed by atoms with Gasteiger partial charge in [0.15, 0.2) is 18.7 Å². The van der Waals surface area contributed by atoms with Gasteiger partial charge in [0.1, 0.15) is 17.2 Å². The summed E-state index contributed by atoms with van der Waals surface area (Å²) < 4.78 is 27.7. The minimum absolute atomic E-state index is 0.152. The van der Waals surface area contributed by atoms with Crippen LogP contribution in [-0.4, -0.2) is 31.8 Å². The zero-order chi connectivity index (χ0) is 20.5. The molecule has 0 saturated heterocycles. The maximum atomic E-state index is 12.8. The van der Waals surface area contributed by atoms with E-state index in [0.717, 1.165) is 10.0 Å². The zero-order valence-electron chi connectivity index (χ0n) is 15.7. The monoisotopic (exact) mass is 460 g/mol. The van der Waals surface area contributed by atoms with E-state index in [1.54, 1.807) is 31.2 Å². The second-order valence-electron chi connectivity index (χ2n) is 6.47. The number of benzene rings is 2. The molecule has 2 aliphatic heterocycles. The van der Waals surface area contributed by atoms with Crippen LogP contribution in [-0.2, 0) is 20.9 Å². The summed E-state index contributed by atoms with van der Waals surface area (Å²) in [6.45, 7) is 2.16. The number of hydrogen-bond donors (Lipinski definition) is 0. The van der Waals surface area contributed by atoms with Gasteiger partial charge >= 0.3 is 5.97 Å². The predicted octanol–water partition coefficient (Wildman–Crippen LogP) is 3.87. The average molecular weight is 461 g/mol. The van der Waals surface area contributed by atoms with Crippen molar-refractivity contribution < 1.29 is 33.3 Å². The van der Waals surface area contributed by atoms with E-state index in [-0.39, 0.29) is 18.3 Å². The highest BCUT2D eigenvalue weighted by atomic mass is 79.9. The summed E-state index contributed by atoms with van der Waals surface area (Å²) in [7, 11) is 1.29. The SMILES string of the molecule is COC(=O)[C@H](C)Oc1ccc2c(c1)O/C(=C\c1cc(Br)cc3c1OCOC3)C2=O. The van der Waals surface area contributed by atoms with Crippen molar-refractivity contribution in [2.75, 3.05) is 13.9 Å². The number of hydrogen-bond acceptors (Lipinski definition) is 7. The number of carbonyl (C=O) groups is 2. The van der Waals surface area contributed by atoms with Gasteiger partial charge in [0, 0.05) is 21.7 Å². The van der Waals surface area contributed by atoms with Crippen molar-refractivity contribution in [1.82, 2.24) is 0 Å². The molecule has 0 N–H and O–H groups in total. The van der Waals surface area contributed by atoms with E-state index in [1.165, 1.54) is 7.11 Å². The summed E-state index contributed by atoms with van der Waals surface area (Å²) in [5, 5.41) is 0. The smallest absolute Gasteiger partial charge is 0.346 e. The maximum Gasteiger partial charge on any atom is 0.346 e. The first-order valence-corrected chi connectivity index (χ1v) is 9.61. The Kier molecular flexibility index (Phi) is 5.29. The highest BCUT2D eigenvalue weighted by Gasteiger charge is 2.29. The molecule has 0 radical (unpaired) electrons. The minimum Gasteiger partial charge on any atom is -0.479 e. The zero-order valence-corrected chi connectivity index (χ0v) is 17.3. The summed E-state index contributed by atoms with van der Waals surface area (Å²) in [5.41, 5.74) is 2.01. The molecular formula is C21H17BrO7. The summed E-state index contributed by atoms with van der Waals surface area (Å²) in [4.78, 5) is 24.3. The summed E-state index contributed by atoms with van der Waals surface area (Å²) in [5.74, 6) is 0.864. The summed E-state index contributed by atoms with van der Waals surface area (Å²) in [6, 6.07) is 8.56. The third-order valence-electron chi connectivity index (χ3n) is 4.48. The van der Waals surface area contributed by atoms with Crippen LogP contribution < -0.4 is 14.2 Å². The summed E-state index contributed by atoms with van der Waals surface area (Å²) >= 11 is 3.46. The molecular weight excluding hydrogens is 444 g/mol. The molecule has 0 aliphatic carbocycles. The fourth-order valence-corrected chi connectivity index (χ4v) is 3.64. The predicted molar refractivity (Wildman–Crippen MR) is 106 cm³/mol. The topological polar surface area (TPSA) is 80.3 Å². The van der Waals surface area contributed by atoms with Gasteiger partial charge in [0.2, 0.25) is 5.78 Å². The fourth-order valence-electron chi connectivity index (χ4n) is 3.12. The van der Waals surface area contributed by atoms with Gasteiger partial charge < -0.3 is 23.7 Å². The Labute approximate surface area is 175 Å². The van der Waals surface area contributed by atoms with Gasteiger partial charge in [0.25, 0.3) is 0 Å². The van der Waals surface area contributed by atoms with Crippen LogP contribution in [0.4, 0.5) is 0 Å². The van der Waals surface area contributed by atoms with Crippen LogP contribution in [0.15, 0.2) is 40.6 Å². The van der Waals surface area contributed by atoms with Gasteiger partial charge in [-0.1, -0.05) is 15.9 Å². The van der Waals surface area contributed by atoms with E-state index in [1.807, 2.05) is 12.1 Å². The molecule has 0 unspecified atom stereocenters. The number of rotatable bonds is 4. The number of halogens is 1. The van der Waals surface area contributed by atoms with Crippen LogP contribution in [0, 0.1) is 0 Å². The molecule has 1 atom stereocenters. The van der Waals surface area contributed by atoms with Crippen LogP contribution in [0.1, 0.15) is 28.4 Å². The van der Waals surface area contributed by atoms with Crippen molar-refractivity contribution in [3.05, 3.63) is 57.3 Å². The van der Waals surface area contributed by atoms with Crippen molar-refractivity contribution in [3.63, 3.8) is 0 Å². The fraction of sp³-hybridized carbons (Fsp3) is 0.238. The molecule has 0 aromatic heterocycles. The van der Waals surface area contributed by atoms with Crippen molar-refractivity contribution in [2.45, 2.75) is 19.6 Å². The lowest BCUT2D eigenvalue weighted by molar-refractivity contribution is -0.147. The molecule has 2 aromatic carbocycles. The van der Waals surface area contributed by atoms with Crippen molar-refractivity contribution in [1.29, 1.82) is 0 Å². The quantitative estimate of drug-likeness (QED) is 0.505. The lowest BCUT2D eigenvalue weighted by atomic mass is 10.1. The number of ketones is 1. The second kappa shape index (κ2) is 7.88. The average Bonchev–Trinajstić information content (AvgIpc) is 3.02. The Morgan fingerprint density at radius 2 is 2.10 bits per heavy atom. The number of carbonyl (C=O) groups excluding carboxylic acids is 2. The number of Topliss-reactive ketones (excluding diaryl/α,β-unsaturated/α-hetero) is 1. The molecule has 2 heterocycles. The van der Waals surface area contributed by atoms with Gasteiger partial charge in [-0.15, -0.1) is 0 Å². The first-order chi connectivity index (χ1) is 14.0. The number of methoxy groups -OCH3 is 1. The van der Waals surface area contributed by atoms with Gasteiger partial charge in [-0.2, -0.15) is 0 Å². The maximum absolute atomic E-state index is 12.8. The Morgan fingerprint density at radius 3 is 2.90 bits per heavy atom. The van der Waals surface area contributed by atoms with E-state index >= 15 is 0 Å². The number of fused-ring (bicyclic) bond motifs is 2. The molecule has 7 nitrogen and oxygen atoms in total. The van der Waals surface area contributed by atoms with Gasteiger partial charge in [-0.05, 0) is 37.3 Å². The van der Waals surface area contributed by atoms with Crippen molar-refractivity contribution in [3.8, 4) is 17.2 Å². The van der Waals surface area contributed by atoms with Gasteiger partial charge in [-0.3, -0.25) is 4.79 Å². The standard InChI is InChI=1S/C21H17BrO7/c1-11(21(24)25-2)28-15-3-4-16-17(8-15)29-18(19(16)23)7-12-5-14(22)6-13-9-26-10-27-20(12)13/h3-8,11H,9-10H2,1-2H3/b18-7-/t11-/m0/s1. The third kappa shape index (κ3) is 3.86. The highest BCUT2D eigenvalue weighted by molar-refractivity contribution is 9.10. The lowest BCUT2D eigenvalue weighted by Crippen LogP contribution is -2.24. The highest BCUT2D eigenvalue weighted by Crippen LogP contribution is 2.38. The molecule has 4 rings (SSSR count). The molecule has 29 heavy (non-hydrogen) atoms. The van der Waals surface area contributed by atoms with E-state index in [0.29, 0.717) is 35.0 Å². The first kappa shape index (κ1) is 19.5. The Morgan fingerprint density at radius 1 is 1.28 bits per heavy atom. The molecule has 0 amide bonds. The molecule has 2 aromatic rings. The van der Waals surface area contributed by atoms with E-state index in [9.17, 15) is 9.59 Å².